The van der Waals surface area contributed by atoms with Crippen LogP contribution in [0.3, 0.4) is 0 Å². The lowest BCUT2D eigenvalue weighted by molar-refractivity contribution is -0.145. The van der Waals surface area contributed by atoms with Crippen LogP contribution in [0.2, 0.25) is 0 Å². The van der Waals surface area contributed by atoms with Crippen molar-refractivity contribution in [3.8, 4) is 0 Å². The highest BCUT2D eigenvalue weighted by atomic mass is 16.7. The quantitative estimate of drug-likeness (QED) is 0.409. The maximum atomic E-state index is 9.80. The number of hydrogen-bond acceptors (Lipinski definition) is 3. The third kappa shape index (κ3) is 7.39. The first-order valence-corrected chi connectivity index (χ1v) is 2.83. The van der Waals surface area contributed by atoms with E-state index in [1.165, 1.54) is 0 Å². The minimum Gasteiger partial charge on any atom is -0.479 e. The van der Waals surface area contributed by atoms with E-state index in [1.54, 1.807) is 0 Å². The number of nitrogens with one attached hydrogen (secondary N) is 1. The van der Waals surface area contributed by atoms with Crippen LogP contribution < -0.4 is 5.48 Å². The van der Waals surface area contributed by atoms with Gasteiger partial charge in [0.2, 0.25) is 0 Å². The molecule has 0 rings (SSSR count). The fourth-order valence-corrected chi connectivity index (χ4v) is 0.287. The summed E-state index contributed by atoms with van der Waals surface area (Å²) in [5, 5.41) is 8.05. The van der Waals surface area contributed by atoms with Crippen LogP contribution in [0.15, 0.2) is 0 Å². The van der Waals surface area contributed by atoms with Crippen LogP contribution in [0, 0.1) is 0 Å². The van der Waals surface area contributed by atoms with E-state index in [9.17, 15) is 4.79 Å². The molecular weight excluding hydrogens is 122 g/mol. The molecule has 0 saturated carbocycles. The molecule has 0 atom stereocenters. The molecule has 0 aromatic heterocycles. The van der Waals surface area contributed by atoms with Crippen molar-refractivity contribution in [1.29, 1.82) is 0 Å². The first-order chi connectivity index (χ1) is 4.27. The Kier molecular flexibility index (Phi) is 5.15. The van der Waals surface area contributed by atoms with E-state index in [4.69, 9.17) is 5.11 Å². The van der Waals surface area contributed by atoms with Crippen molar-refractivity contribution in [2.75, 3.05) is 13.2 Å². The number of carboxylic acid groups (broad SMARTS) is 1. The summed E-state index contributed by atoms with van der Waals surface area (Å²) < 4.78 is 0. The second-order valence-corrected chi connectivity index (χ2v) is 1.58. The number of carbonyl (C=O) groups is 1. The normalized spacial score (nSPS) is 9.44. The zero-order valence-electron chi connectivity index (χ0n) is 5.39. The highest BCUT2D eigenvalue weighted by molar-refractivity contribution is 5.67. The molecule has 2 N–H and O–H groups in total. The van der Waals surface area contributed by atoms with Gasteiger partial charge in [-0.05, 0) is 6.42 Å². The smallest absolute Gasteiger partial charge is 0.331 e. The number of aliphatic carboxylic acids is 1. The average Bonchev–Trinajstić information content (AvgIpc) is 1.80. The molecule has 0 bridgehead atoms. The molecule has 4 heteroatoms. The fraction of sp³-hybridized carbons (Fsp3) is 0.800. The second-order valence-electron chi connectivity index (χ2n) is 1.58. The third-order valence-electron chi connectivity index (χ3n) is 0.650. The summed E-state index contributed by atoms with van der Waals surface area (Å²) in [6.45, 7) is 2.38. The summed E-state index contributed by atoms with van der Waals surface area (Å²) in [5.74, 6) is -0.960. The molecule has 0 heterocycles. The lowest BCUT2D eigenvalue weighted by Crippen LogP contribution is -2.20. The van der Waals surface area contributed by atoms with Gasteiger partial charge in [0.05, 0.1) is 0 Å². The van der Waals surface area contributed by atoms with E-state index in [-0.39, 0.29) is 6.61 Å². The van der Waals surface area contributed by atoms with Gasteiger partial charge in [-0.3, -0.25) is 4.84 Å². The van der Waals surface area contributed by atoms with Crippen molar-refractivity contribution >= 4 is 5.97 Å². The predicted molar refractivity (Wildman–Crippen MR) is 31.9 cm³/mol. The topological polar surface area (TPSA) is 58.6 Å². The molecule has 4 nitrogen and oxygen atoms in total. The molecule has 0 spiro atoms. The molecule has 0 aliphatic rings. The maximum Gasteiger partial charge on any atom is 0.331 e. The Labute approximate surface area is 53.8 Å². The molecule has 0 aliphatic carbocycles. The zero-order valence-corrected chi connectivity index (χ0v) is 5.39. The predicted octanol–water partition coefficient (Wildman–Crippen LogP) is 0.00220. The summed E-state index contributed by atoms with van der Waals surface area (Å²) in [6, 6.07) is 0. The fourth-order valence-electron chi connectivity index (χ4n) is 0.287. The van der Waals surface area contributed by atoms with Gasteiger partial charge in [0, 0.05) is 6.54 Å². The van der Waals surface area contributed by atoms with Gasteiger partial charge in [0.1, 0.15) is 0 Å². The number of rotatable bonds is 5. The zero-order chi connectivity index (χ0) is 7.11. The monoisotopic (exact) mass is 133 g/mol. The summed E-state index contributed by atoms with van der Waals surface area (Å²) in [5.41, 5.74) is 2.49. The Bertz CT molecular complexity index is 84.3. The van der Waals surface area contributed by atoms with Gasteiger partial charge in [-0.25, -0.2) is 10.3 Å². The number of hydrogen-bond donors (Lipinski definition) is 2. The summed E-state index contributed by atoms with van der Waals surface area (Å²) in [7, 11) is 0. The highest BCUT2D eigenvalue weighted by Crippen LogP contribution is 1.71. The minimum absolute atomic E-state index is 0.278. The van der Waals surface area contributed by atoms with Crippen LogP contribution in [0.5, 0.6) is 0 Å². The first-order valence-electron chi connectivity index (χ1n) is 2.83. The number of hydroxylamine groups is 1. The molecule has 0 unspecified atom stereocenters. The third-order valence-corrected chi connectivity index (χ3v) is 0.650. The lowest BCUT2D eigenvalue weighted by atomic mass is 10.5. The van der Waals surface area contributed by atoms with Gasteiger partial charge in [0.25, 0.3) is 0 Å². The molecule has 0 radical (unpaired) electrons. The van der Waals surface area contributed by atoms with E-state index in [0.29, 0.717) is 6.54 Å². The van der Waals surface area contributed by atoms with Crippen molar-refractivity contribution in [3.63, 3.8) is 0 Å². The minimum atomic E-state index is -0.960. The van der Waals surface area contributed by atoms with E-state index in [1.807, 2.05) is 6.92 Å². The van der Waals surface area contributed by atoms with Gasteiger partial charge in [-0.15, -0.1) is 0 Å². The second kappa shape index (κ2) is 5.53. The van der Waals surface area contributed by atoms with Gasteiger partial charge < -0.3 is 5.11 Å². The highest BCUT2D eigenvalue weighted by Gasteiger charge is 1.92. The maximum absolute atomic E-state index is 9.80. The van der Waals surface area contributed by atoms with Crippen molar-refractivity contribution < 1.29 is 14.7 Å². The Morgan fingerprint density at radius 3 is 2.89 bits per heavy atom. The van der Waals surface area contributed by atoms with Crippen LogP contribution in [0.1, 0.15) is 13.3 Å². The molecule has 0 fully saturated rings. The van der Waals surface area contributed by atoms with Gasteiger partial charge >= 0.3 is 5.97 Å². The molecule has 0 aromatic carbocycles. The van der Waals surface area contributed by atoms with Gasteiger partial charge in [0.15, 0.2) is 6.61 Å². The molecule has 54 valence electrons. The Morgan fingerprint density at radius 2 is 2.44 bits per heavy atom. The van der Waals surface area contributed by atoms with Crippen LogP contribution in [0.4, 0.5) is 0 Å². The Morgan fingerprint density at radius 1 is 1.78 bits per heavy atom. The molecular formula is C5H11NO3. The van der Waals surface area contributed by atoms with E-state index in [2.05, 4.69) is 10.3 Å². The largest absolute Gasteiger partial charge is 0.479 e. The molecule has 0 aromatic rings. The first kappa shape index (κ1) is 8.39. The summed E-state index contributed by atoms with van der Waals surface area (Å²) >= 11 is 0. The van der Waals surface area contributed by atoms with Gasteiger partial charge in [-0.1, -0.05) is 6.92 Å². The van der Waals surface area contributed by atoms with Crippen molar-refractivity contribution in [3.05, 3.63) is 0 Å². The molecule has 0 saturated heterocycles. The van der Waals surface area contributed by atoms with Crippen LogP contribution in [-0.2, 0) is 9.63 Å². The molecule has 0 aliphatic heterocycles. The Hall–Kier alpha value is -0.610. The van der Waals surface area contributed by atoms with Crippen LogP contribution in [0.25, 0.3) is 0 Å². The molecule has 9 heavy (non-hydrogen) atoms. The van der Waals surface area contributed by atoms with Crippen LogP contribution in [-0.4, -0.2) is 24.2 Å². The van der Waals surface area contributed by atoms with E-state index < -0.39 is 5.97 Å². The van der Waals surface area contributed by atoms with E-state index in [0.717, 1.165) is 6.42 Å². The SMILES string of the molecule is CCCNOCC(=O)O. The van der Waals surface area contributed by atoms with Crippen molar-refractivity contribution in [1.82, 2.24) is 5.48 Å². The lowest BCUT2D eigenvalue weighted by Gasteiger charge is -1.98. The van der Waals surface area contributed by atoms with E-state index >= 15 is 0 Å². The Balaban J connectivity index is 2.83. The number of carboxylic acids is 1. The standard InChI is InChI=1S/C5H11NO3/c1-2-3-6-9-4-5(7)8/h6H,2-4H2,1H3,(H,7,8). The summed E-state index contributed by atoms with van der Waals surface area (Å²) in [6.07, 6.45) is 0.930. The summed E-state index contributed by atoms with van der Waals surface area (Å²) in [4.78, 5) is 14.3. The van der Waals surface area contributed by atoms with Gasteiger partial charge in [-0.2, -0.15) is 0 Å². The average molecular weight is 133 g/mol. The van der Waals surface area contributed by atoms with Crippen LogP contribution >= 0.6 is 0 Å². The molecule has 0 amide bonds. The van der Waals surface area contributed by atoms with Crippen molar-refractivity contribution in [2.24, 2.45) is 0 Å². The van der Waals surface area contributed by atoms with Crippen molar-refractivity contribution in [2.45, 2.75) is 13.3 Å².